The van der Waals surface area contributed by atoms with Crippen molar-refractivity contribution in [1.29, 1.82) is 0 Å². The Bertz CT molecular complexity index is 551. The lowest BCUT2D eigenvalue weighted by Gasteiger charge is -2.02. The van der Waals surface area contributed by atoms with E-state index < -0.39 is 0 Å². The van der Waals surface area contributed by atoms with Crippen molar-refractivity contribution in [3.63, 3.8) is 0 Å². The molecule has 0 atom stereocenters. The Kier molecular flexibility index (Phi) is 4.68. The lowest BCUT2D eigenvalue weighted by molar-refractivity contribution is 0.105. The second kappa shape index (κ2) is 6.68. The van der Waals surface area contributed by atoms with Crippen LogP contribution in [-0.4, -0.2) is 11.0 Å². The maximum Gasteiger partial charge on any atom is 0.107 e. The molecule has 1 fully saturated rings. The number of hydrogen-bond donors (Lipinski definition) is 1. The maximum atomic E-state index is 5.85. The van der Waals surface area contributed by atoms with Gasteiger partial charge in [0, 0.05) is 23.0 Å². The van der Waals surface area contributed by atoms with Crippen LogP contribution in [0.3, 0.4) is 0 Å². The van der Waals surface area contributed by atoms with E-state index in [0.717, 1.165) is 33.9 Å². The Morgan fingerprint density at radius 3 is 2.80 bits per heavy atom. The second-order valence-corrected chi connectivity index (χ2v) is 6.39. The summed E-state index contributed by atoms with van der Waals surface area (Å²) in [6, 6.07) is 8.45. The highest BCUT2D eigenvalue weighted by Crippen LogP contribution is 2.20. The van der Waals surface area contributed by atoms with Gasteiger partial charge >= 0.3 is 0 Å². The van der Waals surface area contributed by atoms with Crippen LogP contribution in [0, 0.1) is 0 Å². The molecule has 0 bridgehead atoms. The first kappa shape index (κ1) is 14.0. The largest absolute Gasteiger partial charge is 0.370 e. The van der Waals surface area contributed by atoms with Crippen molar-refractivity contribution in [1.82, 2.24) is 10.3 Å². The minimum absolute atomic E-state index is 0.558. The van der Waals surface area contributed by atoms with Crippen LogP contribution in [0.4, 0.5) is 0 Å². The van der Waals surface area contributed by atoms with Gasteiger partial charge in [-0.3, -0.25) is 0 Å². The average molecular weight is 309 g/mol. The minimum Gasteiger partial charge on any atom is -0.370 e. The van der Waals surface area contributed by atoms with Gasteiger partial charge in [0.15, 0.2) is 0 Å². The topological polar surface area (TPSA) is 34.1 Å². The van der Waals surface area contributed by atoms with Gasteiger partial charge in [0.05, 0.1) is 18.9 Å². The summed E-state index contributed by atoms with van der Waals surface area (Å²) < 4.78 is 5.68. The molecule has 5 heteroatoms. The van der Waals surface area contributed by atoms with E-state index in [4.69, 9.17) is 16.3 Å². The van der Waals surface area contributed by atoms with Crippen LogP contribution in [0.15, 0.2) is 29.6 Å². The molecule has 106 valence electrons. The van der Waals surface area contributed by atoms with Crippen molar-refractivity contribution < 1.29 is 4.74 Å². The number of rotatable bonds is 7. The van der Waals surface area contributed by atoms with Crippen LogP contribution in [0.2, 0.25) is 5.02 Å². The lowest BCUT2D eigenvalue weighted by atomic mass is 10.2. The van der Waals surface area contributed by atoms with Crippen LogP contribution in [0.5, 0.6) is 0 Å². The van der Waals surface area contributed by atoms with Gasteiger partial charge in [0.25, 0.3) is 0 Å². The van der Waals surface area contributed by atoms with Gasteiger partial charge in [-0.1, -0.05) is 23.7 Å². The van der Waals surface area contributed by atoms with Gasteiger partial charge in [-0.25, -0.2) is 4.98 Å². The van der Waals surface area contributed by atoms with Crippen molar-refractivity contribution in [2.75, 3.05) is 0 Å². The molecule has 1 saturated carbocycles. The molecule has 3 nitrogen and oxygen atoms in total. The van der Waals surface area contributed by atoms with E-state index in [0.29, 0.717) is 13.2 Å². The Hall–Kier alpha value is -0.940. The van der Waals surface area contributed by atoms with Crippen LogP contribution < -0.4 is 5.32 Å². The summed E-state index contributed by atoms with van der Waals surface area (Å²) in [6.45, 7) is 2.03. The molecule has 1 heterocycles. The third kappa shape index (κ3) is 4.28. The molecule has 0 aliphatic heterocycles. The first-order valence-corrected chi connectivity index (χ1v) is 8.04. The maximum absolute atomic E-state index is 5.85. The molecule has 20 heavy (non-hydrogen) atoms. The third-order valence-electron chi connectivity index (χ3n) is 3.15. The summed E-state index contributed by atoms with van der Waals surface area (Å²) >= 11 is 7.54. The molecule has 0 spiro atoms. The predicted octanol–water partition coefficient (Wildman–Crippen LogP) is 3.77. The highest BCUT2D eigenvalue weighted by atomic mass is 35.5. The first-order valence-electron chi connectivity index (χ1n) is 6.78. The van der Waals surface area contributed by atoms with E-state index >= 15 is 0 Å². The number of hydrogen-bond acceptors (Lipinski definition) is 4. The summed E-state index contributed by atoms with van der Waals surface area (Å²) in [7, 11) is 0. The fraction of sp³-hybridized carbons (Fsp3) is 0.400. The SMILES string of the molecule is Clc1ccc(COCc2csc(CNC3CC3)n2)cc1. The minimum atomic E-state index is 0.558. The van der Waals surface area contributed by atoms with Crippen LogP contribution >= 0.6 is 22.9 Å². The standard InChI is InChI=1S/C15H17ClN2OS/c16-12-3-1-11(2-4-12)8-19-9-14-10-20-15(18-14)7-17-13-5-6-13/h1-4,10,13,17H,5-9H2. The molecule has 0 amide bonds. The number of ether oxygens (including phenoxy) is 1. The molecule has 0 radical (unpaired) electrons. The highest BCUT2D eigenvalue weighted by Gasteiger charge is 2.20. The number of nitrogens with one attached hydrogen (secondary N) is 1. The van der Waals surface area contributed by atoms with Gasteiger partial charge in [0.1, 0.15) is 5.01 Å². The molecule has 3 rings (SSSR count). The van der Waals surface area contributed by atoms with Gasteiger partial charge in [-0.05, 0) is 30.5 Å². The van der Waals surface area contributed by atoms with Crippen molar-refractivity contribution in [2.45, 2.75) is 38.6 Å². The molecule has 1 aromatic heterocycles. The molecule has 0 saturated heterocycles. The van der Waals surface area contributed by atoms with Gasteiger partial charge in [-0.2, -0.15) is 0 Å². The van der Waals surface area contributed by atoms with Crippen LogP contribution in [0.25, 0.3) is 0 Å². The van der Waals surface area contributed by atoms with E-state index in [-0.39, 0.29) is 0 Å². The fourth-order valence-electron chi connectivity index (χ4n) is 1.87. The van der Waals surface area contributed by atoms with Gasteiger partial charge < -0.3 is 10.1 Å². The average Bonchev–Trinajstić information content (AvgIpc) is 3.18. The van der Waals surface area contributed by atoms with E-state index in [1.165, 1.54) is 12.8 Å². The molecule has 1 N–H and O–H groups in total. The Morgan fingerprint density at radius 1 is 1.25 bits per heavy atom. The number of nitrogens with zero attached hydrogens (tertiary/aromatic N) is 1. The summed E-state index contributed by atoms with van der Waals surface area (Å²) in [4.78, 5) is 4.57. The monoisotopic (exact) mass is 308 g/mol. The van der Waals surface area contributed by atoms with Gasteiger partial charge in [0.2, 0.25) is 0 Å². The van der Waals surface area contributed by atoms with E-state index in [1.807, 2.05) is 24.3 Å². The van der Waals surface area contributed by atoms with E-state index in [2.05, 4.69) is 15.7 Å². The van der Waals surface area contributed by atoms with E-state index in [1.54, 1.807) is 11.3 Å². The van der Waals surface area contributed by atoms with Crippen molar-refractivity contribution >= 4 is 22.9 Å². The summed E-state index contributed by atoms with van der Waals surface area (Å²) in [5, 5.41) is 7.43. The molecule has 1 aliphatic carbocycles. The quantitative estimate of drug-likeness (QED) is 0.845. The highest BCUT2D eigenvalue weighted by molar-refractivity contribution is 7.09. The third-order valence-corrected chi connectivity index (χ3v) is 4.30. The number of halogens is 1. The molecule has 1 aliphatic rings. The van der Waals surface area contributed by atoms with Crippen LogP contribution in [0.1, 0.15) is 29.1 Å². The first-order chi connectivity index (χ1) is 9.79. The summed E-state index contributed by atoms with van der Waals surface area (Å²) in [5.41, 5.74) is 2.14. The Labute approximate surface area is 127 Å². The smallest absolute Gasteiger partial charge is 0.107 e. The number of thiazole rings is 1. The van der Waals surface area contributed by atoms with Crippen molar-refractivity contribution in [3.05, 3.63) is 50.9 Å². The Morgan fingerprint density at radius 2 is 2.05 bits per heavy atom. The summed E-state index contributed by atoms with van der Waals surface area (Å²) in [6.07, 6.45) is 2.62. The zero-order valence-electron chi connectivity index (χ0n) is 11.1. The lowest BCUT2D eigenvalue weighted by Crippen LogP contribution is -2.15. The molecular formula is C15H17ClN2OS. The van der Waals surface area contributed by atoms with Crippen molar-refractivity contribution in [3.8, 4) is 0 Å². The molecule has 2 aromatic rings. The van der Waals surface area contributed by atoms with E-state index in [9.17, 15) is 0 Å². The zero-order valence-corrected chi connectivity index (χ0v) is 12.7. The number of aromatic nitrogens is 1. The number of benzene rings is 1. The second-order valence-electron chi connectivity index (χ2n) is 5.01. The normalized spacial score (nSPS) is 14.7. The fourth-order valence-corrected chi connectivity index (χ4v) is 2.73. The van der Waals surface area contributed by atoms with Gasteiger partial charge in [-0.15, -0.1) is 11.3 Å². The molecule has 0 unspecified atom stereocenters. The molecule has 1 aromatic carbocycles. The Balaban J connectivity index is 1.42. The van der Waals surface area contributed by atoms with Crippen molar-refractivity contribution in [2.24, 2.45) is 0 Å². The predicted molar refractivity (Wildman–Crippen MR) is 81.9 cm³/mol. The van der Waals surface area contributed by atoms with Crippen LogP contribution in [-0.2, 0) is 24.5 Å². The molecular weight excluding hydrogens is 292 g/mol. The zero-order chi connectivity index (χ0) is 13.8. The summed E-state index contributed by atoms with van der Waals surface area (Å²) in [5.74, 6) is 0.